The number of aromatic nitrogens is 1. The van der Waals surface area contributed by atoms with E-state index >= 15 is 0 Å². The van der Waals surface area contributed by atoms with Gasteiger partial charge in [0.25, 0.3) is 0 Å². The van der Waals surface area contributed by atoms with E-state index < -0.39 is 17.5 Å². The van der Waals surface area contributed by atoms with Crippen molar-refractivity contribution < 1.29 is 14.3 Å². The third kappa shape index (κ3) is 2.99. The molecular formula is C13H14FN3O2. The lowest BCUT2D eigenvalue weighted by Gasteiger charge is -2.35. The zero-order valence-corrected chi connectivity index (χ0v) is 10.3. The maximum atomic E-state index is 12.7. The van der Waals surface area contributed by atoms with E-state index in [9.17, 15) is 14.4 Å². The molecule has 2 heterocycles. The van der Waals surface area contributed by atoms with Crippen molar-refractivity contribution in [2.75, 3.05) is 13.1 Å². The summed E-state index contributed by atoms with van der Waals surface area (Å²) in [6.45, 7) is 0.717. The number of rotatable bonds is 2. The Balaban J connectivity index is 2.07. The van der Waals surface area contributed by atoms with Crippen LogP contribution in [0.4, 0.5) is 9.18 Å². The number of hydrogen-bond donors (Lipinski definition) is 1. The van der Waals surface area contributed by atoms with E-state index in [1.807, 2.05) is 0 Å². The molecule has 19 heavy (non-hydrogen) atoms. The van der Waals surface area contributed by atoms with Crippen LogP contribution in [0, 0.1) is 22.7 Å². The molecule has 0 spiro atoms. The lowest BCUT2D eigenvalue weighted by atomic mass is 9.75. The number of likely N-dealkylation sites (tertiary alicyclic amines) is 1. The highest BCUT2D eigenvalue weighted by atomic mass is 19.1. The second-order valence-electron chi connectivity index (χ2n) is 4.83. The zero-order valence-electron chi connectivity index (χ0n) is 10.3. The Kier molecular flexibility index (Phi) is 3.65. The van der Waals surface area contributed by atoms with Gasteiger partial charge in [0.2, 0.25) is 5.95 Å². The van der Waals surface area contributed by atoms with Gasteiger partial charge in [-0.2, -0.15) is 9.65 Å². The minimum absolute atomic E-state index is 0.359. The van der Waals surface area contributed by atoms with Gasteiger partial charge in [0.05, 0.1) is 11.5 Å². The van der Waals surface area contributed by atoms with Crippen LogP contribution in [0.15, 0.2) is 18.3 Å². The SMILES string of the molecule is N#CC1(Cc2ccc(F)nc2)CCN(C(=O)O)CC1. The van der Waals surface area contributed by atoms with Crippen LogP contribution in [0.5, 0.6) is 0 Å². The number of pyridine rings is 1. The van der Waals surface area contributed by atoms with Gasteiger partial charge < -0.3 is 10.0 Å². The van der Waals surface area contributed by atoms with Crippen LogP contribution in [0.3, 0.4) is 0 Å². The van der Waals surface area contributed by atoms with Crippen molar-refractivity contribution in [3.05, 3.63) is 29.8 Å². The molecule has 0 saturated carbocycles. The topological polar surface area (TPSA) is 77.2 Å². The average molecular weight is 263 g/mol. The molecule has 1 amide bonds. The highest BCUT2D eigenvalue weighted by Gasteiger charge is 2.36. The maximum absolute atomic E-state index is 12.7. The van der Waals surface area contributed by atoms with Crippen LogP contribution in [0.25, 0.3) is 0 Å². The second-order valence-corrected chi connectivity index (χ2v) is 4.83. The Labute approximate surface area is 110 Å². The Morgan fingerprint density at radius 3 is 2.68 bits per heavy atom. The van der Waals surface area contributed by atoms with Gasteiger partial charge in [0.15, 0.2) is 0 Å². The molecular weight excluding hydrogens is 249 g/mol. The largest absolute Gasteiger partial charge is 0.465 e. The summed E-state index contributed by atoms with van der Waals surface area (Å²) in [5.41, 5.74) is 0.220. The first kappa shape index (κ1) is 13.3. The van der Waals surface area contributed by atoms with Crippen LogP contribution in [0.2, 0.25) is 0 Å². The molecule has 0 bridgehead atoms. The average Bonchev–Trinajstić information content (AvgIpc) is 2.42. The van der Waals surface area contributed by atoms with Gasteiger partial charge in [0.1, 0.15) is 0 Å². The van der Waals surface area contributed by atoms with Crippen LogP contribution in [-0.4, -0.2) is 34.2 Å². The van der Waals surface area contributed by atoms with Gasteiger partial charge in [-0.1, -0.05) is 6.07 Å². The second kappa shape index (κ2) is 5.22. The first-order valence-electron chi connectivity index (χ1n) is 6.04. The monoisotopic (exact) mass is 263 g/mol. The van der Waals surface area contributed by atoms with Crippen LogP contribution in [-0.2, 0) is 6.42 Å². The van der Waals surface area contributed by atoms with Crippen molar-refractivity contribution in [2.24, 2.45) is 5.41 Å². The summed E-state index contributed by atoms with van der Waals surface area (Å²) in [6.07, 6.45) is 1.94. The zero-order chi connectivity index (χ0) is 13.9. The first-order chi connectivity index (χ1) is 9.04. The summed E-state index contributed by atoms with van der Waals surface area (Å²) in [7, 11) is 0. The third-order valence-electron chi connectivity index (χ3n) is 3.56. The Bertz CT molecular complexity index is 502. The highest BCUT2D eigenvalue weighted by molar-refractivity contribution is 5.65. The van der Waals surface area contributed by atoms with E-state index in [2.05, 4.69) is 11.1 Å². The molecule has 2 rings (SSSR count). The van der Waals surface area contributed by atoms with Crippen molar-refractivity contribution in [2.45, 2.75) is 19.3 Å². The standard InChI is InChI=1S/C13H14FN3O2/c14-11-2-1-10(8-16-11)7-13(9-15)3-5-17(6-4-13)12(18)19/h1-2,8H,3-7H2,(H,18,19). The molecule has 1 aliphatic heterocycles. The third-order valence-corrected chi connectivity index (χ3v) is 3.56. The molecule has 0 radical (unpaired) electrons. The van der Waals surface area contributed by atoms with Crippen LogP contribution in [0.1, 0.15) is 18.4 Å². The van der Waals surface area contributed by atoms with Gasteiger partial charge >= 0.3 is 6.09 Å². The van der Waals surface area contributed by atoms with Gasteiger partial charge in [-0.15, -0.1) is 0 Å². The Morgan fingerprint density at radius 1 is 1.53 bits per heavy atom. The molecule has 1 N–H and O–H groups in total. The molecule has 0 atom stereocenters. The molecule has 0 aromatic carbocycles. The van der Waals surface area contributed by atoms with E-state index in [4.69, 9.17) is 5.11 Å². The number of hydrogen-bond acceptors (Lipinski definition) is 3. The summed E-state index contributed by atoms with van der Waals surface area (Å²) in [6, 6.07) is 5.19. The van der Waals surface area contributed by atoms with Crippen LogP contribution < -0.4 is 0 Å². The number of carbonyl (C=O) groups is 1. The molecule has 100 valence electrons. The summed E-state index contributed by atoms with van der Waals surface area (Å²) < 4.78 is 12.7. The van der Waals surface area contributed by atoms with Crippen molar-refractivity contribution in [1.82, 2.24) is 9.88 Å². The fourth-order valence-corrected chi connectivity index (χ4v) is 2.36. The Morgan fingerprint density at radius 2 is 2.21 bits per heavy atom. The highest BCUT2D eigenvalue weighted by Crippen LogP contribution is 2.34. The molecule has 1 fully saturated rings. The van der Waals surface area contributed by atoms with E-state index in [0.29, 0.717) is 32.4 Å². The lowest BCUT2D eigenvalue weighted by molar-refractivity contribution is 0.110. The molecule has 6 heteroatoms. The van der Waals surface area contributed by atoms with Crippen LogP contribution >= 0.6 is 0 Å². The predicted molar refractivity (Wildman–Crippen MR) is 64.8 cm³/mol. The van der Waals surface area contributed by atoms with Crippen molar-refractivity contribution >= 4 is 6.09 Å². The molecule has 1 aliphatic rings. The number of nitriles is 1. The van der Waals surface area contributed by atoms with E-state index in [1.165, 1.54) is 17.2 Å². The summed E-state index contributed by atoms with van der Waals surface area (Å²) in [4.78, 5) is 15.7. The lowest BCUT2D eigenvalue weighted by Crippen LogP contribution is -2.42. The number of nitrogens with zero attached hydrogens (tertiary/aromatic N) is 3. The molecule has 1 aromatic heterocycles. The van der Waals surface area contributed by atoms with Crippen molar-refractivity contribution in [3.8, 4) is 6.07 Å². The first-order valence-corrected chi connectivity index (χ1v) is 6.04. The van der Waals surface area contributed by atoms with E-state index in [-0.39, 0.29) is 0 Å². The maximum Gasteiger partial charge on any atom is 0.407 e. The Hall–Kier alpha value is -2.16. The fourth-order valence-electron chi connectivity index (χ4n) is 2.36. The van der Waals surface area contributed by atoms with Gasteiger partial charge in [0, 0.05) is 19.3 Å². The predicted octanol–water partition coefficient (Wildman–Crippen LogP) is 2.05. The fraction of sp³-hybridized carbons (Fsp3) is 0.462. The minimum atomic E-state index is -0.949. The smallest absolute Gasteiger partial charge is 0.407 e. The molecule has 0 unspecified atom stereocenters. The number of amides is 1. The summed E-state index contributed by atoms with van der Waals surface area (Å²) in [5, 5.41) is 18.3. The molecule has 1 aromatic rings. The normalized spacial score (nSPS) is 17.8. The minimum Gasteiger partial charge on any atom is -0.465 e. The summed E-state index contributed by atoms with van der Waals surface area (Å²) in [5.74, 6) is -0.546. The number of carboxylic acid groups (broad SMARTS) is 1. The molecule has 1 saturated heterocycles. The molecule has 0 aliphatic carbocycles. The molecule has 5 nitrogen and oxygen atoms in total. The quantitative estimate of drug-likeness (QED) is 0.828. The van der Waals surface area contributed by atoms with Crippen molar-refractivity contribution in [1.29, 1.82) is 5.26 Å². The van der Waals surface area contributed by atoms with Gasteiger partial charge in [-0.25, -0.2) is 9.78 Å². The van der Waals surface area contributed by atoms with E-state index in [0.717, 1.165) is 5.56 Å². The van der Waals surface area contributed by atoms with Gasteiger partial charge in [-0.3, -0.25) is 0 Å². The van der Waals surface area contributed by atoms with E-state index in [1.54, 1.807) is 6.07 Å². The number of piperidine rings is 1. The number of halogens is 1. The van der Waals surface area contributed by atoms with Gasteiger partial charge in [-0.05, 0) is 30.9 Å². The summed E-state index contributed by atoms with van der Waals surface area (Å²) >= 11 is 0. The van der Waals surface area contributed by atoms with Crippen molar-refractivity contribution in [3.63, 3.8) is 0 Å².